The number of anilines is 2. The second-order valence-electron chi connectivity index (χ2n) is 4.14. The molecule has 1 rings (SSSR count). The van der Waals surface area contributed by atoms with Crippen molar-refractivity contribution in [3.8, 4) is 0 Å². The normalized spacial score (nSPS) is 11.7. The van der Waals surface area contributed by atoms with E-state index in [9.17, 15) is 22.4 Å². The van der Waals surface area contributed by atoms with Crippen LogP contribution < -0.4 is 11.1 Å². The summed E-state index contributed by atoms with van der Waals surface area (Å²) in [4.78, 5) is 11.4. The minimum Gasteiger partial charge on any atom is -0.397 e. The fourth-order valence-corrected chi connectivity index (χ4v) is 1.38. The monoisotopic (exact) mass is 294 g/mol. The molecule has 3 N–H and O–H groups in total. The van der Waals surface area contributed by atoms with Crippen LogP contribution in [0.1, 0.15) is 5.56 Å². The first-order valence-electron chi connectivity index (χ1n) is 5.62. The van der Waals surface area contributed by atoms with Crippen LogP contribution in [-0.4, -0.2) is 31.5 Å². The molecule has 0 atom stereocenters. The van der Waals surface area contributed by atoms with Gasteiger partial charge in [-0.1, -0.05) is 12.1 Å². The first kappa shape index (κ1) is 16.2. The molecule has 20 heavy (non-hydrogen) atoms. The van der Waals surface area contributed by atoms with Crippen LogP contribution in [0.15, 0.2) is 18.2 Å². The Balaban J connectivity index is 2.49. The number of para-hydroxylation sites is 1. The first-order chi connectivity index (χ1) is 9.24. The third-order valence-corrected chi connectivity index (χ3v) is 2.42. The number of nitrogens with two attached hydrogens (primary N) is 1. The molecule has 0 saturated carbocycles. The molecule has 0 aliphatic rings. The van der Waals surface area contributed by atoms with Gasteiger partial charge in [0.2, 0.25) is 5.91 Å². The minimum atomic E-state index is -4.28. The Bertz CT molecular complexity index is 460. The van der Waals surface area contributed by atoms with E-state index in [4.69, 9.17) is 5.73 Å². The van der Waals surface area contributed by atoms with Gasteiger partial charge in [-0.2, -0.15) is 8.78 Å². The van der Waals surface area contributed by atoms with Crippen molar-refractivity contribution in [1.82, 2.24) is 0 Å². The Morgan fingerprint density at radius 3 is 2.65 bits per heavy atom. The van der Waals surface area contributed by atoms with Gasteiger partial charge in [-0.25, -0.2) is 8.78 Å². The number of carbonyl (C=O) groups is 1. The van der Waals surface area contributed by atoms with Gasteiger partial charge in [-0.05, 0) is 18.6 Å². The van der Waals surface area contributed by atoms with Gasteiger partial charge in [0.25, 0.3) is 0 Å². The molecule has 0 radical (unpaired) electrons. The summed E-state index contributed by atoms with van der Waals surface area (Å²) in [6.07, 6.45) is -3.84. The number of ether oxygens (including phenoxy) is 1. The van der Waals surface area contributed by atoms with Crippen LogP contribution in [0.4, 0.5) is 28.9 Å². The lowest BCUT2D eigenvalue weighted by Gasteiger charge is -2.15. The lowest BCUT2D eigenvalue weighted by atomic mass is 10.1. The van der Waals surface area contributed by atoms with Crippen molar-refractivity contribution in [3.63, 3.8) is 0 Å². The zero-order chi connectivity index (χ0) is 15.3. The second kappa shape index (κ2) is 6.56. The predicted molar refractivity (Wildman–Crippen MR) is 66.0 cm³/mol. The third-order valence-electron chi connectivity index (χ3n) is 2.42. The van der Waals surface area contributed by atoms with Crippen LogP contribution in [0, 0.1) is 6.92 Å². The van der Waals surface area contributed by atoms with Crippen molar-refractivity contribution in [2.24, 2.45) is 0 Å². The second-order valence-corrected chi connectivity index (χ2v) is 4.14. The Morgan fingerprint density at radius 1 is 1.45 bits per heavy atom. The number of halogens is 4. The van der Waals surface area contributed by atoms with Crippen molar-refractivity contribution in [2.45, 2.75) is 19.3 Å². The van der Waals surface area contributed by atoms with Crippen molar-refractivity contribution >= 4 is 17.3 Å². The van der Waals surface area contributed by atoms with Crippen molar-refractivity contribution in [3.05, 3.63) is 23.8 Å². The van der Waals surface area contributed by atoms with Gasteiger partial charge in [0.15, 0.2) is 0 Å². The van der Waals surface area contributed by atoms with E-state index in [1.54, 1.807) is 25.1 Å². The van der Waals surface area contributed by atoms with Crippen LogP contribution in [-0.2, 0) is 9.53 Å². The maximum atomic E-state index is 12.5. The lowest BCUT2D eigenvalue weighted by Crippen LogP contribution is -2.34. The van der Waals surface area contributed by atoms with Gasteiger partial charge in [0, 0.05) is 0 Å². The van der Waals surface area contributed by atoms with E-state index in [2.05, 4.69) is 10.1 Å². The SMILES string of the molecule is Cc1cccc(N)c1NC(=O)COCC(F)(F)C(F)F. The standard InChI is InChI=1S/C12H14F4N2O2/c1-7-3-2-4-8(17)10(7)18-9(19)5-20-6-12(15,16)11(13)14/h2-4,11H,5-6,17H2,1H3,(H,18,19). The maximum absolute atomic E-state index is 12.5. The number of aryl methyl sites for hydroxylation is 1. The van der Waals surface area contributed by atoms with Crippen LogP contribution >= 0.6 is 0 Å². The highest BCUT2D eigenvalue weighted by Gasteiger charge is 2.41. The number of hydrogen-bond acceptors (Lipinski definition) is 3. The molecule has 4 nitrogen and oxygen atoms in total. The number of rotatable bonds is 6. The molecule has 0 bridgehead atoms. The minimum absolute atomic E-state index is 0.302. The molecule has 0 fully saturated rings. The van der Waals surface area contributed by atoms with Gasteiger partial charge in [-0.3, -0.25) is 4.79 Å². The summed E-state index contributed by atoms with van der Waals surface area (Å²) < 4.78 is 53.0. The van der Waals surface area contributed by atoms with E-state index < -0.39 is 31.5 Å². The van der Waals surface area contributed by atoms with E-state index >= 15 is 0 Å². The average molecular weight is 294 g/mol. The highest BCUT2D eigenvalue weighted by atomic mass is 19.3. The molecule has 0 aliphatic heterocycles. The van der Waals surface area contributed by atoms with Crippen molar-refractivity contribution < 1.29 is 27.1 Å². The summed E-state index contributed by atoms with van der Waals surface area (Å²) in [6.45, 7) is -0.602. The molecule has 1 aromatic rings. The molecular formula is C12H14F4N2O2. The smallest absolute Gasteiger partial charge is 0.330 e. The molecule has 0 unspecified atom stereocenters. The molecule has 8 heteroatoms. The van der Waals surface area contributed by atoms with E-state index in [1.807, 2.05) is 0 Å². The molecule has 112 valence electrons. The average Bonchev–Trinajstić information content (AvgIpc) is 2.33. The van der Waals surface area contributed by atoms with Crippen LogP contribution in [0.2, 0.25) is 0 Å². The summed E-state index contributed by atoms with van der Waals surface area (Å²) in [5.41, 5.74) is 6.95. The summed E-state index contributed by atoms with van der Waals surface area (Å²) in [5.74, 6) is -5.03. The lowest BCUT2D eigenvalue weighted by molar-refractivity contribution is -0.167. The van der Waals surface area contributed by atoms with Gasteiger partial charge in [0.1, 0.15) is 13.2 Å². The van der Waals surface area contributed by atoms with Gasteiger partial charge in [-0.15, -0.1) is 0 Å². The molecule has 1 aromatic carbocycles. The number of alkyl halides is 4. The molecule has 0 spiro atoms. The number of hydrogen-bond donors (Lipinski definition) is 2. The number of carbonyl (C=O) groups excluding carboxylic acids is 1. The molecule has 0 aliphatic carbocycles. The molecule has 1 amide bonds. The Labute approximate surface area is 112 Å². The summed E-state index contributed by atoms with van der Waals surface area (Å²) in [6, 6.07) is 4.92. The Kier molecular flexibility index (Phi) is 5.32. The predicted octanol–water partition coefficient (Wildman–Crippen LogP) is 2.43. The van der Waals surface area contributed by atoms with Crippen molar-refractivity contribution in [1.29, 1.82) is 0 Å². The molecule has 0 saturated heterocycles. The molecule has 0 heterocycles. The number of amides is 1. The summed E-state index contributed by atoms with van der Waals surface area (Å²) in [5, 5.41) is 2.37. The van der Waals surface area contributed by atoms with Crippen LogP contribution in [0.5, 0.6) is 0 Å². The zero-order valence-corrected chi connectivity index (χ0v) is 10.6. The number of nitrogen functional groups attached to an aromatic ring is 1. The molecule has 0 aromatic heterocycles. The van der Waals surface area contributed by atoms with Crippen LogP contribution in [0.3, 0.4) is 0 Å². The van der Waals surface area contributed by atoms with Gasteiger partial charge >= 0.3 is 12.3 Å². The van der Waals surface area contributed by atoms with Crippen molar-refractivity contribution in [2.75, 3.05) is 24.3 Å². The fraction of sp³-hybridized carbons (Fsp3) is 0.417. The zero-order valence-electron chi connectivity index (χ0n) is 10.6. The largest absolute Gasteiger partial charge is 0.397 e. The third kappa shape index (κ3) is 4.37. The highest BCUT2D eigenvalue weighted by molar-refractivity contribution is 5.95. The van der Waals surface area contributed by atoms with Crippen LogP contribution in [0.25, 0.3) is 0 Å². The Morgan fingerprint density at radius 2 is 2.10 bits per heavy atom. The molecular weight excluding hydrogens is 280 g/mol. The van der Waals surface area contributed by atoms with E-state index in [0.717, 1.165) is 0 Å². The quantitative estimate of drug-likeness (QED) is 0.625. The first-order valence-corrected chi connectivity index (χ1v) is 5.62. The fourth-order valence-electron chi connectivity index (χ4n) is 1.38. The number of nitrogens with one attached hydrogen (secondary N) is 1. The Hall–Kier alpha value is -1.83. The summed E-state index contributed by atoms with van der Waals surface area (Å²) in [7, 11) is 0. The van der Waals surface area contributed by atoms with E-state index in [0.29, 0.717) is 16.9 Å². The highest BCUT2D eigenvalue weighted by Crippen LogP contribution is 2.24. The summed E-state index contributed by atoms with van der Waals surface area (Å²) >= 11 is 0. The number of benzene rings is 1. The van der Waals surface area contributed by atoms with Gasteiger partial charge < -0.3 is 15.8 Å². The van der Waals surface area contributed by atoms with E-state index in [1.165, 1.54) is 0 Å². The van der Waals surface area contributed by atoms with E-state index in [-0.39, 0.29) is 0 Å². The topological polar surface area (TPSA) is 64.3 Å². The van der Waals surface area contributed by atoms with Gasteiger partial charge in [0.05, 0.1) is 11.4 Å². The maximum Gasteiger partial charge on any atom is 0.330 e.